The van der Waals surface area contributed by atoms with E-state index >= 15 is 0 Å². The smallest absolute Gasteiger partial charge is 0.237 e. The number of nitrogens with zero attached hydrogens (tertiary/aromatic N) is 1. The zero-order chi connectivity index (χ0) is 16.9. The van der Waals surface area contributed by atoms with Gasteiger partial charge in [-0.2, -0.15) is 0 Å². The van der Waals surface area contributed by atoms with Crippen LogP contribution in [0.3, 0.4) is 0 Å². The molecule has 0 saturated carbocycles. The minimum absolute atomic E-state index is 0.0559. The van der Waals surface area contributed by atoms with E-state index in [0.717, 1.165) is 37.9 Å². The average molecular weight is 335 g/mol. The van der Waals surface area contributed by atoms with Gasteiger partial charge in [0.2, 0.25) is 5.91 Å². The molecule has 2 fully saturated rings. The van der Waals surface area contributed by atoms with Crippen molar-refractivity contribution in [1.82, 2.24) is 5.32 Å². The Kier molecular flexibility index (Phi) is 5.68. The van der Waals surface area contributed by atoms with E-state index in [1.807, 2.05) is 6.07 Å². The second-order valence-corrected chi connectivity index (χ2v) is 6.75. The molecule has 2 heterocycles. The third kappa shape index (κ3) is 4.24. The molecular weight excluding hydrogens is 309 g/mol. The largest absolute Gasteiger partial charge is 0.381 e. The first kappa shape index (κ1) is 17.2. The van der Waals surface area contributed by atoms with E-state index in [9.17, 15) is 9.18 Å². The SMILES string of the molecule is NC(C(=O)NC1CCCN(c2cccc(F)c2)C1)C1CCOCC1. The predicted molar refractivity (Wildman–Crippen MR) is 91.3 cm³/mol. The van der Waals surface area contributed by atoms with Crippen LogP contribution in [0.2, 0.25) is 0 Å². The first-order valence-corrected chi connectivity index (χ1v) is 8.77. The molecule has 1 amide bonds. The van der Waals surface area contributed by atoms with Crippen LogP contribution < -0.4 is 16.0 Å². The van der Waals surface area contributed by atoms with Gasteiger partial charge in [0.1, 0.15) is 5.82 Å². The lowest BCUT2D eigenvalue weighted by atomic mass is 9.91. The van der Waals surface area contributed by atoms with Crippen LogP contribution in [-0.4, -0.2) is 44.3 Å². The lowest BCUT2D eigenvalue weighted by molar-refractivity contribution is -0.125. The molecule has 2 atom stereocenters. The van der Waals surface area contributed by atoms with Gasteiger partial charge in [0.05, 0.1) is 6.04 Å². The molecule has 2 saturated heterocycles. The van der Waals surface area contributed by atoms with Gasteiger partial charge < -0.3 is 20.7 Å². The Hall–Kier alpha value is -1.66. The van der Waals surface area contributed by atoms with E-state index < -0.39 is 6.04 Å². The Balaban J connectivity index is 1.55. The number of benzene rings is 1. The fraction of sp³-hybridized carbons (Fsp3) is 0.611. The minimum Gasteiger partial charge on any atom is -0.381 e. The molecule has 3 rings (SSSR count). The van der Waals surface area contributed by atoms with E-state index in [1.165, 1.54) is 12.1 Å². The molecule has 5 nitrogen and oxygen atoms in total. The molecule has 3 N–H and O–H groups in total. The molecule has 132 valence electrons. The van der Waals surface area contributed by atoms with Crippen LogP contribution in [0.5, 0.6) is 0 Å². The van der Waals surface area contributed by atoms with E-state index in [-0.39, 0.29) is 23.7 Å². The highest BCUT2D eigenvalue weighted by atomic mass is 19.1. The van der Waals surface area contributed by atoms with E-state index in [0.29, 0.717) is 19.8 Å². The fourth-order valence-electron chi connectivity index (χ4n) is 3.59. The van der Waals surface area contributed by atoms with Crippen molar-refractivity contribution in [3.8, 4) is 0 Å². The minimum atomic E-state index is -0.474. The van der Waals surface area contributed by atoms with Gasteiger partial charge in [-0.05, 0) is 49.8 Å². The average Bonchev–Trinajstić information content (AvgIpc) is 2.62. The van der Waals surface area contributed by atoms with Crippen LogP contribution in [0.25, 0.3) is 0 Å². The normalized spacial score (nSPS) is 23.8. The van der Waals surface area contributed by atoms with Gasteiger partial charge in [0, 0.05) is 38.0 Å². The maximum absolute atomic E-state index is 13.4. The number of halogens is 1. The van der Waals surface area contributed by atoms with Crippen LogP contribution >= 0.6 is 0 Å². The number of nitrogens with two attached hydrogens (primary N) is 1. The Morgan fingerprint density at radius 2 is 2.12 bits per heavy atom. The molecule has 2 unspecified atom stereocenters. The monoisotopic (exact) mass is 335 g/mol. The van der Waals surface area contributed by atoms with Crippen LogP contribution in [-0.2, 0) is 9.53 Å². The molecule has 1 aromatic rings. The molecule has 0 aliphatic carbocycles. The van der Waals surface area contributed by atoms with Gasteiger partial charge in [-0.1, -0.05) is 6.07 Å². The Bertz CT molecular complexity index is 563. The van der Waals surface area contributed by atoms with Crippen LogP contribution in [0, 0.1) is 11.7 Å². The number of amides is 1. The van der Waals surface area contributed by atoms with Crippen LogP contribution in [0.4, 0.5) is 10.1 Å². The number of piperidine rings is 1. The quantitative estimate of drug-likeness (QED) is 0.878. The summed E-state index contributed by atoms with van der Waals surface area (Å²) in [6.45, 7) is 2.93. The summed E-state index contributed by atoms with van der Waals surface area (Å²) in [5.41, 5.74) is 7.01. The van der Waals surface area contributed by atoms with Crippen molar-refractivity contribution in [2.45, 2.75) is 37.8 Å². The number of hydrogen-bond acceptors (Lipinski definition) is 4. The fourth-order valence-corrected chi connectivity index (χ4v) is 3.59. The Morgan fingerprint density at radius 1 is 1.33 bits per heavy atom. The standard InChI is InChI=1S/C18H26FN3O2/c19-14-3-1-5-16(11-14)22-8-2-4-15(12-22)21-18(23)17(20)13-6-9-24-10-7-13/h1,3,5,11,13,15,17H,2,4,6-10,12,20H2,(H,21,23). The molecule has 6 heteroatoms. The van der Waals surface area contributed by atoms with Crippen LogP contribution in [0.15, 0.2) is 24.3 Å². The number of nitrogens with one attached hydrogen (secondary N) is 1. The summed E-state index contributed by atoms with van der Waals surface area (Å²) in [6, 6.07) is 6.19. The molecule has 2 aliphatic heterocycles. The van der Waals surface area contributed by atoms with E-state index in [4.69, 9.17) is 10.5 Å². The number of anilines is 1. The maximum Gasteiger partial charge on any atom is 0.237 e. The lowest BCUT2D eigenvalue weighted by Gasteiger charge is -2.36. The number of rotatable bonds is 4. The summed E-state index contributed by atoms with van der Waals surface area (Å²) < 4.78 is 18.7. The summed E-state index contributed by atoms with van der Waals surface area (Å²) >= 11 is 0. The summed E-state index contributed by atoms with van der Waals surface area (Å²) in [6.07, 6.45) is 3.58. The zero-order valence-corrected chi connectivity index (χ0v) is 13.9. The van der Waals surface area contributed by atoms with Gasteiger partial charge in [0.15, 0.2) is 0 Å². The Labute approximate surface area is 142 Å². The van der Waals surface area contributed by atoms with Gasteiger partial charge in [-0.25, -0.2) is 4.39 Å². The van der Waals surface area contributed by atoms with Crippen molar-refractivity contribution in [1.29, 1.82) is 0 Å². The number of carbonyl (C=O) groups excluding carboxylic acids is 1. The summed E-state index contributed by atoms with van der Waals surface area (Å²) in [7, 11) is 0. The van der Waals surface area contributed by atoms with Crippen molar-refractivity contribution in [2.75, 3.05) is 31.2 Å². The predicted octanol–water partition coefficient (Wildman–Crippen LogP) is 1.66. The summed E-state index contributed by atoms with van der Waals surface area (Å²) in [5.74, 6) is -0.116. The molecule has 1 aromatic carbocycles. The molecule has 0 bridgehead atoms. The zero-order valence-electron chi connectivity index (χ0n) is 13.9. The molecule has 2 aliphatic rings. The Morgan fingerprint density at radius 3 is 2.88 bits per heavy atom. The molecular formula is C18H26FN3O2. The lowest BCUT2D eigenvalue weighted by Crippen LogP contribution is -2.54. The number of hydrogen-bond donors (Lipinski definition) is 2. The number of ether oxygens (including phenoxy) is 1. The molecule has 0 aromatic heterocycles. The van der Waals surface area contributed by atoms with E-state index in [2.05, 4.69) is 10.2 Å². The topological polar surface area (TPSA) is 67.6 Å². The van der Waals surface area contributed by atoms with Crippen LogP contribution in [0.1, 0.15) is 25.7 Å². The van der Waals surface area contributed by atoms with Crippen molar-refractivity contribution in [3.63, 3.8) is 0 Å². The molecule has 24 heavy (non-hydrogen) atoms. The van der Waals surface area contributed by atoms with Crippen molar-refractivity contribution in [3.05, 3.63) is 30.1 Å². The maximum atomic E-state index is 13.4. The second kappa shape index (κ2) is 7.94. The molecule has 0 spiro atoms. The second-order valence-electron chi connectivity index (χ2n) is 6.75. The highest BCUT2D eigenvalue weighted by Gasteiger charge is 2.29. The first-order valence-electron chi connectivity index (χ1n) is 8.77. The van der Waals surface area contributed by atoms with Crippen molar-refractivity contribution < 1.29 is 13.9 Å². The summed E-state index contributed by atoms with van der Waals surface area (Å²) in [5, 5.41) is 3.09. The van der Waals surface area contributed by atoms with Crippen molar-refractivity contribution in [2.24, 2.45) is 11.7 Å². The van der Waals surface area contributed by atoms with Crippen molar-refractivity contribution >= 4 is 11.6 Å². The third-order valence-electron chi connectivity index (χ3n) is 5.02. The van der Waals surface area contributed by atoms with Gasteiger partial charge in [-0.15, -0.1) is 0 Å². The van der Waals surface area contributed by atoms with E-state index in [1.54, 1.807) is 6.07 Å². The highest BCUT2D eigenvalue weighted by Crippen LogP contribution is 2.22. The van der Waals surface area contributed by atoms with Gasteiger partial charge >= 0.3 is 0 Å². The number of carbonyl (C=O) groups is 1. The van der Waals surface area contributed by atoms with Gasteiger partial charge in [0.25, 0.3) is 0 Å². The third-order valence-corrected chi connectivity index (χ3v) is 5.02. The first-order chi connectivity index (χ1) is 11.6. The molecule has 0 radical (unpaired) electrons. The highest BCUT2D eigenvalue weighted by molar-refractivity contribution is 5.82. The summed E-state index contributed by atoms with van der Waals surface area (Å²) in [4.78, 5) is 14.6. The van der Waals surface area contributed by atoms with Gasteiger partial charge in [-0.3, -0.25) is 4.79 Å².